The van der Waals surface area contributed by atoms with Gasteiger partial charge in [0.2, 0.25) is 0 Å². The highest BCUT2D eigenvalue weighted by atomic mass is 35.5. The van der Waals surface area contributed by atoms with Crippen molar-refractivity contribution in [1.29, 1.82) is 0 Å². The van der Waals surface area contributed by atoms with Gasteiger partial charge >= 0.3 is 0 Å². The summed E-state index contributed by atoms with van der Waals surface area (Å²) in [5, 5.41) is 4.30. The summed E-state index contributed by atoms with van der Waals surface area (Å²) in [7, 11) is -1.12. The zero-order valence-corrected chi connectivity index (χ0v) is 13.0. The second-order valence-electron chi connectivity index (χ2n) is 4.20. The van der Waals surface area contributed by atoms with Crippen molar-refractivity contribution in [3.63, 3.8) is 0 Å². The largest absolute Gasteiger partial charge is 0.315 e. The molecular formula is C13H19Cl2NOS. The van der Waals surface area contributed by atoms with Crippen LogP contribution in [0.5, 0.6) is 0 Å². The Bertz CT molecular complexity index is 392. The maximum atomic E-state index is 12.1. The second-order valence-corrected chi connectivity index (χ2v) is 6.52. The van der Waals surface area contributed by atoms with Crippen LogP contribution in [0.15, 0.2) is 23.1 Å². The average Bonchev–Trinajstić information content (AvgIpc) is 2.29. The Morgan fingerprint density at radius 2 is 1.94 bits per heavy atom. The van der Waals surface area contributed by atoms with E-state index in [9.17, 15) is 4.21 Å². The molecule has 0 aliphatic carbocycles. The zero-order chi connectivity index (χ0) is 13.5. The summed E-state index contributed by atoms with van der Waals surface area (Å²) in [4.78, 5) is 0.567. The van der Waals surface area contributed by atoms with Crippen LogP contribution < -0.4 is 5.32 Å². The molecule has 1 rings (SSSR count). The maximum absolute atomic E-state index is 12.1. The van der Waals surface area contributed by atoms with E-state index in [1.807, 2.05) is 0 Å². The van der Waals surface area contributed by atoms with Crippen LogP contribution in [0.3, 0.4) is 0 Å². The summed E-state index contributed by atoms with van der Waals surface area (Å²) in [5.41, 5.74) is 0. The van der Waals surface area contributed by atoms with Gasteiger partial charge in [0.25, 0.3) is 0 Å². The minimum absolute atomic E-state index is 0.453. The lowest BCUT2D eigenvalue weighted by molar-refractivity contribution is 0.525. The van der Waals surface area contributed by atoms with E-state index in [0.29, 0.717) is 26.7 Å². The van der Waals surface area contributed by atoms with Crippen LogP contribution in [0, 0.1) is 0 Å². The molecule has 0 aliphatic heterocycles. The van der Waals surface area contributed by atoms with E-state index in [1.165, 1.54) is 0 Å². The summed E-state index contributed by atoms with van der Waals surface area (Å²) in [6, 6.07) is 5.66. The molecule has 0 radical (unpaired) electrons. The van der Waals surface area contributed by atoms with Crippen molar-refractivity contribution < 1.29 is 4.21 Å². The molecule has 1 N–H and O–H groups in total. The van der Waals surface area contributed by atoms with Crippen molar-refractivity contribution in [2.45, 2.75) is 37.6 Å². The Hall–Kier alpha value is -0.0900. The minimum atomic E-state index is -1.12. The van der Waals surface area contributed by atoms with Crippen molar-refractivity contribution >= 4 is 34.0 Å². The van der Waals surface area contributed by atoms with Gasteiger partial charge in [-0.25, -0.2) is 0 Å². The van der Waals surface area contributed by atoms with Crippen molar-refractivity contribution in [3.05, 3.63) is 28.2 Å². The molecule has 2 nitrogen and oxygen atoms in total. The summed E-state index contributed by atoms with van der Waals surface area (Å²) in [5.74, 6) is 0.596. The number of hydrogen-bond donors (Lipinski definition) is 1. The maximum Gasteiger partial charge on any atom is 0.0760 e. The number of hydrogen-bond acceptors (Lipinski definition) is 2. The Balaban J connectivity index is 2.51. The molecule has 0 bridgehead atoms. The van der Waals surface area contributed by atoms with Crippen LogP contribution in [0.2, 0.25) is 10.0 Å². The first-order chi connectivity index (χ1) is 8.56. The van der Waals surface area contributed by atoms with Crippen LogP contribution in [0.4, 0.5) is 0 Å². The standard InChI is InChI=1S/C13H19Cl2NOS/c1-3-16-10(2)6-5-9-18(17)13-11(14)7-4-8-12(13)15/h4,7-8,10,16H,3,5-6,9H2,1-2H3. The van der Waals surface area contributed by atoms with Gasteiger partial charge in [0.15, 0.2) is 0 Å². The lowest BCUT2D eigenvalue weighted by Gasteiger charge is -2.12. The lowest BCUT2D eigenvalue weighted by atomic mass is 10.2. The fraction of sp³-hybridized carbons (Fsp3) is 0.538. The molecule has 5 heteroatoms. The van der Waals surface area contributed by atoms with Gasteiger partial charge in [0.1, 0.15) is 0 Å². The molecule has 1 aromatic rings. The number of rotatable bonds is 7. The Labute approximate surface area is 122 Å². The molecule has 0 saturated heterocycles. The van der Waals surface area contributed by atoms with Crippen LogP contribution in [0.25, 0.3) is 0 Å². The number of halogens is 2. The van der Waals surface area contributed by atoms with Gasteiger partial charge in [-0.05, 0) is 38.4 Å². The van der Waals surface area contributed by atoms with Crippen molar-refractivity contribution in [3.8, 4) is 0 Å². The highest BCUT2D eigenvalue weighted by Gasteiger charge is 2.13. The van der Waals surface area contributed by atoms with E-state index in [-0.39, 0.29) is 0 Å². The van der Waals surface area contributed by atoms with E-state index in [4.69, 9.17) is 23.2 Å². The molecule has 1 aromatic carbocycles. The third kappa shape index (κ3) is 4.88. The average molecular weight is 308 g/mol. The lowest BCUT2D eigenvalue weighted by Crippen LogP contribution is -2.25. The van der Waals surface area contributed by atoms with Crippen molar-refractivity contribution in [1.82, 2.24) is 5.32 Å². The first-order valence-corrected chi connectivity index (χ1v) is 8.19. The van der Waals surface area contributed by atoms with Crippen molar-refractivity contribution in [2.75, 3.05) is 12.3 Å². The van der Waals surface area contributed by atoms with E-state index >= 15 is 0 Å². The molecular weight excluding hydrogens is 289 g/mol. The summed E-state index contributed by atoms with van der Waals surface area (Å²) in [6.07, 6.45) is 1.89. The summed E-state index contributed by atoms with van der Waals surface area (Å²) >= 11 is 12.1. The normalized spacial score (nSPS) is 14.4. The Morgan fingerprint density at radius 3 is 2.50 bits per heavy atom. The van der Waals surface area contributed by atoms with E-state index in [2.05, 4.69) is 19.2 Å². The fourth-order valence-corrected chi connectivity index (χ4v) is 3.89. The third-order valence-corrected chi connectivity index (χ3v) is 5.07. The Morgan fingerprint density at radius 1 is 1.33 bits per heavy atom. The fourth-order valence-electron chi connectivity index (χ4n) is 1.77. The molecule has 2 unspecified atom stereocenters. The highest BCUT2D eigenvalue weighted by molar-refractivity contribution is 7.85. The minimum Gasteiger partial charge on any atom is -0.315 e. The SMILES string of the molecule is CCNC(C)CCCS(=O)c1c(Cl)cccc1Cl. The van der Waals surface area contributed by atoms with Crippen LogP contribution in [-0.2, 0) is 10.8 Å². The molecule has 18 heavy (non-hydrogen) atoms. The van der Waals surface area contributed by atoms with Gasteiger partial charge in [-0.15, -0.1) is 0 Å². The van der Waals surface area contributed by atoms with Gasteiger partial charge in [0.05, 0.1) is 25.7 Å². The van der Waals surface area contributed by atoms with Crippen LogP contribution in [-0.4, -0.2) is 22.5 Å². The topological polar surface area (TPSA) is 29.1 Å². The second kappa shape index (κ2) is 8.16. The first-order valence-electron chi connectivity index (χ1n) is 6.12. The molecule has 0 aromatic heterocycles. The van der Waals surface area contributed by atoms with Gasteiger partial charge < -0.3 is 5.32 Å². The molecule has 0 aliphatic rings. The molecule has 0 saturated carbocycles. The number of nitrogens with one attached hydrogen (secondary N) is 1. The summed E-state index contributed by atoms with van der Waals surface area (Å²) in [6.45, 7) is 5.17. The van der Waals surface area contributed by atoms with Crippen molar-refractivity contribution in [2.24, 2.45) is 0 Å². The first kappa shape index (κ1) is 16.0. The Kier molecular flexibility index (Phi) is 7.23. The smallest absolute Gasteiger partial charge is 0.0760 e. The highest BCUT2D eigenvalue weighted by Crippen LogP contribution is 2.28. The van der Waals surface area contributed by atoms with Gasteiger partial charge in [-0.2, -0.15) is 0 Å². The molecule has 0 amide bonds. The van der Waals surface area contributed by atoms with Gasteiger partial charge in [-0.3, -0.25) is 4.21 Å². The molecule has 102 valence electrons. The molecule has 0 fully saturated rings. The van der Waals surface area contributed by atoms with Gasteiger partial charge in [0, 0.05) is 11.8 Å². The summed E-state index contributed by atoms with van der Waals surface area (Å²) < 4.78 is 12.1. The van der Waals surface area contributed by atoms with E-state index < -0.39 is 10.8 Å². The number of benzene rings is 1. The van der Waals surface area contributed by atoms with Gasteiger partial charge in [-0.1, -0.05) is 36.2 Å². The monoisotopic (exact) mass is 307 g/mol. The molecule has 2 atom stereocenters. The quantitative estimate of drug-likeness (QED) is 0.828. The van der Waals surface area contributed by atoms with Crippen LogP contribution in [0.1, 0.15) is 26.7 Å². The molecule has 0 spiro atoms. The van der Waals surface area contributed by atoms with E-state index in [0.717, 1.165) is 19.4 Å². The zero-order valence-electron chi connectivity index (χ0n) is 10.7. The third-order valence-electron chi connectivity index (χ3n) is 2.67. The predicted molar refractivity (Wildman–Crippen MR) is 80.1 cm³/mol. The molecule has 0 heterocycles. The predicted octanol–water partition coefficient (Wildman–Crippen LogP) is 3.88. The van der Waals surface area contributed by atoms with E-state index in [1.54, 1.807) is 18.2 Å². The van der Waals surface area contributed by atoms with Crippen LogP contribution >= 0.6 is 23.2 Å².